The van der Waals surface area contributed by atoms with Crippen molar-refractivity contribution in [1.82, 2.24) is 14.7 Å². The summed E-state index contributed by atoms with van der Waals surface area (Å²) in [6, 6.07) is 22.3. The monoisotopic (exact) mass is 411 g/mol. The van der Waals surface area contributed by atoms with Gasteiger partial charge in [0.15, 0.2) is 5.69 Å². The van der Waals surface area contributed by atoms with Crippen LogP contribution >= 0.6 is 0 Å². The molecule has 0 saturated heterocycles. The molecule has 0 N–H and O–H groups in total. The van der Waals surface area contributed by atoms with Gasteiger partial charge in [0.25, 0.3) is 11.5 Å². The van der Waals surface area contributed by atoms with Crippen molar-refractivity contribution in [2.75, 3.05) is 13.7 Å². The van der Waals surface area contributed by atoms with Gasteiger partial charge in [-0.05, 0) is 47.9 Å². The molecule has 0 unspecified atom stereocenters. The van der Waals surface area contributed by atoms with E-state index in [1.807, 2.05) is 36.4 Å². The van der Waals surface area contributed by atoms with Crippen LogP contribution in [0.25, 0.3) is 16.5 Å². The summed E-state index contributed by atoms with van der Waals surface area (Å²) < 4.78 is 6.66. The minimum absolute atomic E-state index is 0.186. The number of hydrogen-bond acceptors (Lipinski definition) is 4. The molecule has 6 nitrogen and oxygen atoms in total. The van der Waals surface area contributed by atoms with E-state index < -0.39 is 0 Å². The summed E-state index contributed by atoms with van der Waals surface area (Å²) in [5.74, 6) is 0.587. The molecule has 4 aromatic rings. The first-order chi connectivity index (χ1) is 15.2. The Hall–Kier alpha value is -3.93. The topological polar surface area (TPSA) is 64.4 Å². The third kappa shape index (κ3) is 3.36. The van der Waals surface area contributed by atoms with Crippen molar-refractivity contribution in [3.05, 3.63) is 100.0 Å². The lowest BCUT2D eigenvalue weighted by Gasteiger charge is -2.29. The average molecular weight is 411 g/mol. The highest BCUT2D eigenvalue weighted by atomic mass is 16.5. The Morgan fingerprint density at radius 3 is 2.45 bits per heavy atom. The fourth-order valence-electron chi connectivity index (χ4n) is 4.08. The normalized spacial score (nSPS) is 13.1. The predicted octanol–water partition coefficient (Wildman–Crippen LogP) is 3.59. The van der Waals surface area contributed by atoms with Crippen molar-refractivity contribution < 1.29 is 9.53 Å². The fourth-order valence-corrected chi connectivity index (χ4v) is 4.08. The van der Waals surface area contributed by atoms with Crippen LogP contribution in [0.15, 0.2) is 77.6 Å². The molecular formula is C25H21N3O3. The second-order valence-corrected chi connectivity index (χ2v) is 7.56. The number of nitrogens with zero attached hydrogens (tertiary/aromatic N) is 3. The van der Waals surface area contributed by atoms with Crippen molar-refractivity contribution in [1.29, 1.82) is 0 Å². The van der Waals surface area contributed by atoms with E-state index in [-0.39, 0.29) is 17.2 Å². The number of para-hydroxylation sites is 1. The summed E-state index contributed by atoms with van der Waals surface area (Å²) >= 11 is 0. The number of amides is 1. The molecule has 1 aliphatic heterocycles. The third-order valence-electron chi connectivity index (χ3n) is 5.72. The zero-order chi connectivity index (χ0) is 21.4. The lowest BCUT2D eigenvalue weighted by atomic mass is 9.99. The van der Waals surface area contributed by atoms with Gasteiger partial charge in [0.2, 0.25) is 0 Å². The molecule has 154 valence electrons. The maximum absolute atomic E-state index is 13.6. The van der Waals surface area contributed by atoms with E-state index in [9.17, 15) is 9.59 Å². The summed E-state index contributed by atoms with van der Waals surface area (Å²) in [4.78, 5) is 28.5. The van der Waals surface area contributed by atoms with Crippen LogP contribution in [0.3, 0.4) is 0 Å². The number of methoxy groups -OCH3 is 1. The van der Waals surface area contributed by atoms with Crippen molar-refractivity contribution in [3.8, 4) is 11.4 Å². The molecule has 0 fully saturated rings. The van der Waals surface area contributed by atoms with Gasteiger partial charge in [-0.15, -0.1) is 0 Å². The molecular weight excluding hydrogens is 390 g/mol. The highest BCUT2D eigenvalue weighted by Gasteiger charge is 2.26. The van der Waals surface area contributed by atoms with Crippen molar-refractivity contribution in [3.63, 3.8) is 0 Å². The number of fused-ring (bicyclic) bond motifs is 2. The Labute approximate surface area is 179 Å². The van der Waals surface area contributed by atoms with Crippen LogP contribution in [0.5, 0.6) is 5.75 Å². The van der Waals surface area contributed by atoms with E-state index in [1.165, 1.54) is 10.2 Å². The third-order valence-corrected chi connectivity index (χ3v) is 5.72. The van der Waals surface area contributed by atoms with Gasteiger partial charge >= 0.3 is 0 Å². The van der Waals surface area contributed by atoms with Gasteiger partial charge in [-0.1, -0.05) is 42.5 Å². The minimum atomic E-state index is -0.243. The first kappa shape index (κ1) is 19.1. The molecule has 6 heteroatoms. The summed E-state index contributed by atoms with van der Waals surface area (Å²) in [6.07, 6.45) is 0.765. The van der Waals surface area contributed by atoms with E-state index in [4.69, 9.17) is 4.74 Å². The number of rotatable bonds is 3. The Balaban J connectivity index is 1.60. The van der Waals surface area contributed by atoms with Gasteiger partial charge in [-0.3, -0.25) is 9.59 Å². The first-order valence-corrected chi connectivity index (χ1v) is 10.2. The molecule has 0 saturated carbocycles. The molecule has 31 heavy (non-hydrogen) atoms. The van der Waals surface area contributed by atoms with E-state index in [1.54, 1.807) is 42.3 Å². The predicted molar refractivity (Wildman–Crippen MR) is 119 cm³/mol. The number of aromatic nitrogens is 2. The van der Waals surface area contributed by atoms with Crippen LogP contribution in [0.1, 0.15) is 21.6 Å². The number of ether oxygens (including phenoxy) is 1. The quantitative estimate of drug-likeness (QED) is 0.517. The zero-order valence-corrected chi connectivity index (χ0v) is 17.1. The standard InChI is InChI=1S/C25H21N3O3/c1-31-20-12-11-17-13-14-27(16-18(17)15-20)25(30)23-21-9-5-6-10-22(21)24(29)28(26-23)19-7-3-2-4-8-19/h2-12,15H,13-14,16H2,1H3. The number of benzene rings is 3. The Kier molecular flexibility index (Phi) is 4.75. The second kappa shape index (κ2) is 7.72. The number of carbonyl (C=O) groups excluding carboxylic acids is 1. The van der Waals surface area contributed by atoms with Crippen LogP contribution in [0, 0.1) is 0 Å². The highest BCUT2D eigenvalue weighted by molar-refractivity contribution is 6.05. The Bertz CT molecular complexity index is 1350. The molecule has 1 amide bonds. The maximum Gasteiger partial charge on any atom is 0.279 e. The van der Waals surface area contributed by atoms with Crippen molar-refractivity contribution in [2.45, 2.75) is 13.0 Å². The smallest absolute Gasteiger partial charge is 0.279 e. The minimum Gasteiger partial charge on any atom is -0.497 e. The molecule has 1 aliphatic rings. The Morgan fingerprint density at radius 2 is 1.68 bits per heavy atom. The van der Waals surface area contributed by atoms with Gasteiger partial charge in [0, 0.05) is 18.5 Å². The second-order valence-electron chi connectivity index (χ2n) is 7.56. The Morgan fingerprint density at radius 1 is 0.935 bits per heavy atom. The number of carbonyl (C=O) groups is 1. The fraction of sp³-hybridized carbons (Fsp3) is 0.160. The van der Waals surface area contributed by atoms with Gasteiger partial charge in [0.1, 0.15) is 5.75 Å². The summed E-state index contributed by atoms with van der Waals surface area (Å²) in [5, 5.41) is 5.57. The summed E-state index contributed by atoms with van der Waals surface area (Å²) in [6.45, 7) is 1.07. The molecule has 3 aromatic carbocycles. The maximum atomic E-state index is 13.6. The van der Waals surface area contributed by atoms with E-state index >= 15 is 0 Å². The van der Waals surface area contributed by atoms with Crippen LogP contribution in [0.2, 0.25) is 0 Å². The molecule has 0 radical (unpaired) electrons. The van der Waals surface area contributed by atoms with Gasteiger partial charge in [-0.2, -0.15) is 9.78 Å². The van der Waals surface area contributed by atoms with Crippen LogP contribution < -0.4 is 10.3 Å². The van der Waals surface area contributed by atoms with Crippen LogP contribution in [-0.2, 0) is 13.0 Å². The van der Waals surface area contributed by atoms with Crippen LogP contribution in [0.4, 0.5) is 0 Å². The summed E-state index contributed by atoms with van der Waals surface area (Å²) in [5.41, 5.74) is 2.95. The molecule has 0 spiro atoms. The molecule has 0 atom stereocenters. The summed E-state index contributed by atoms with van der Waals surface area (Å²) in [7, 11) is 1.64. The zero-order valence-electron chi connectivity index (χ0n) is 17.1. The molecule has 1 aromatic heterocycles. The molecule has 5 rings (SSSR count). The van der Waals surface area contributed by atoms with E-state index in [2.05, 4.69) is 11.2 Å². The molecule has 0 aliphatic carbocycles. The highest BCUT2D eigenvalue weighted by Crippen LogP contribution is 2.26. The van der Waals surface area contributed by atoms with Gasteiger partial charge in [-0.25, -0.2) is 0 Å². The number of hydrogen-bond donors (Lipinski definition) is 0. The molecule has 2 heterocycles. The lowest BCUT2D eigenvalue weighted by molar-refractivity contribution is 0.0729. The van der Waals surface area contributed by atoms with Crippen molar-refractivity contribution >= 4 is 16.7 Å². The van der Waals surface area contributed by atoms with Gasteiger partial charge in [0.05, 0.1) is 18.2 Å². The van der Waals surface area contributed by atoms with E-state index in [0.717, 1.165) is 17.7 Å². The van der Waals surface area contributed by atoms with Crippen LogP contribution in [-0.4, -0.2) is 34.2 Å². The SMILES string of the molecule is COc1ccc2c(c1)CN(C(=O)c1nn(-c3ccccc3)c(=O)c3ccccc13)CC2. The largest absolute Gasteiger partial charge is 0.497 e. The van der Waals surface area contributed by atoms with Gasteiger partial charge < -0.3 is 9.64 Å². The van der Waals surface area contributed by atoms with Crippen molar-refractivity contribution in [2.24, 2.45) is 0 Å². The lowest BCUT2D eigenvalue weighted by Crippen LogP contribution is -2.37. The van der Waals surface area contributed by atoms with E-state index in [0.29, 0.717) is 29.5 Å². The average Bonchev–Trinajstić information content (AvgIpc) is 2.84. The molecule has 0 bridgehead atoms. The first-order valence-electron chi connectivity index (χ1n) is 10.2.